The van der Waals surface area contributed by atoms with Gasteiger partial charge in [0.15, 0.2) is 0 Å². The summed E-state index contributed by atoms with van der Waals surface area (Å²) >= 11 is 0. The molecular formula is C33H37FN6O2. The molecule has 218 valence electrons. The molecule has 1 aliphatic rings. The molecule has 0 spiro atoms. The lowest BCUT2D eigenvalue weighted by molar-refractivity contribution is 0.301. The molecule has 5 rings (SSSR count). The smallest absolute Gasteiger partial charge is 0.141 e. The Morgan fingerprint density at radius 3 is 2.55 bits per heavy atom. The van der Waals surface area contributed by atoms with E-state index >= 15 is 0 Å². The normalized spacial score (nSPS) is 15.0. The van der Waals surface area contributed by atoms with Gasteiger partial charge in [-0.3, -0.25) is 0 Å². The minimum Gasteiger partial charge on any atom is -0.489 e. The van der Waals surface area contributed by atoms with E-state index in [0.29, 0.717) is 40.7 Å². The van der Waals surface area contributed by atoms with Crippen LogP contribution in [0.4, 0.5) is 10.2 Å². The molecular weight excluding hydrogens is 531 g/mol. The van der Waals surface area contributed by atoms with Gasteiger partial charge >= 0.3 is 0 Å². The van der Waals surface area contributed by atoms with Gasteiger partial charge in [0.25, 0.3) is 0 Å². The number of hydrogen-bond acceptors (Lipinski definition) is 7. The summed E-state index contributed by atoms with van der Waals surface area (Å²) in [4.78, 5) is 13.2. The van der Waals surface area contributed by atoms with Crippen LogP contribution in [-0.4, -0.2) is 39.0 Å². The van der Waals surface area contributed by atoms with Crippen molar-refractivity contribution in [2.75, 3.05) is 6.54 Å². The van der Waals surface area contributed by atoms with E-state index < -0.39 is 5.82 Å². The lowest BCUT2D eigenvalue weighted by Crippen LogP contribution is -2.26. The number of halogens is 1. The molecule has 3 heterocycles. The molecule has 42 heavy (non-hydrogen) atoms. The van der Waals surface area contributed by atoms with Gasteiger partial charge in [-0.05, 0) is 56.8 Å². The first-order valence-electron chi connectivity index (χ1n) is 14.3. The predicted molar refractivity (Wildman–Crippen MR) is 164 cm³/mol. The van der Waals surface area contributed by atoms with E-state index in [1.54, 1.807) is 25.4 Å². The summed E-state index contributed by atoms with van der Waals surface area (Å²) in [6, 6.07) is 12.3. The predicted octanol–water partition coefficient (Wildman–Crippen LogP) is 7.26. The molecule has 1 aliphatic heterocycles. The monoisotopic (exact) mass is 568 g/mol. The minimum absolute atomic E-state index is 0.215. The first-order valence-corrected chi connectivity index (χ1v) is 14.3. The average molecular weight is 569 g/mol. The molecule has 0 radical (unpaired) electrons. The van der Waals surface area contributed by atoms with E-state index in [9.17, 15) is 4.39 Å². The summed E-state index contributed by atoms with van der Waals surface area (Å²) in [6.45, 7) is 9.85. The van der Waals surface area contributed by atoms with Gasteiger partial charge < -0.3 is 24.8 Å². The van der Waals surface area contributed by atoms with Crippen molar-refractivity contribution in [2.24, 2.45) is 10.9 Å². The molecule has 0 amide bonds. The molecule has 1 fully saturated rings. The summed E-state index contributed by atoms with van der Waals surface area (Å²) in [5.41, 5.74) is 3.97. The van der Waals surface area contributed by atoms with Crippen LogP contribution in [0.25, 0.3) is 11.1 Å². The molecule has 1 saturated heterocycles. The zero-order valence-corrected chi connectivity index (χ0v) is 24.5. The number of aromatic nitrogens is 3. The van der Waals surface area contributed by atoms with E-state index in [0.717, 1.165) is 47.6 Å². The summed E-state index contributed by atoms with van der Waals surface area (Å²) in [6.07, 6.45) is 9.70. The molecule has 9 heteroatoms. The molecule has 2 aromatic carbocycles. The number of aliphatic imine (C=N–C) groups is 1. The second-order valence-electron chi connectivity index (χ2n) is 11.0. The highest BCUT2D eigenvalue weighted by molar-refractivity contribution is 6.07. The van der Waals surface area contributed by atoms with Crippen molar-refractivity contribution in [1.82, 2.24) is 19.9 Å². The zero-order chi connectivity index (χ0) is 29.6. The lowest BCUT2D eigenvalue weighted by Gasteiger charge is -2.13. The Morgan fingerprint density at radius 1 is 1.14 bits per heavy atom. The van der Waals surface area contributed by atoms with Gasteiger partial charge in [-0.25, -0.2) is 19.4 Å². The van der Waals surface area contributed by atoms with Gasteiger partial charge in [0, 0.05) is 78.0 Å². The van der Waals surface area contributed by atoms with Crippen LogP contribution >= 0.6 is 0 Å². The first kappa shape index (κ1) is 29.1. The highest BCUT2D eigenvalue weighted by Gasteiger charge is 2.22. The third-order valence-electron chi connectivity index (χ3n) is 6.99. The second kappa shape index (κ2) is 13.1. The van der Waals surface area contributed by atoms with Crippen molar-refractivity contribution in [3.05, 3.63) is 83.8 Å². The number of rotatable bonds is 11. The van der Waals surface area contributed by atoms with Crippen LogP contribution in [0, 0.1) is 24.1 Å². The molecule has 1 atom stereocenters. The number of nitrogens with one attached hydrogen (secondary N) is 2. The van der Waals surface area contributed by atoms with Crippen molar-refractivity contribution in [3.8, 4) is 28.4 Å². The maximum Gasteiger partial charge on any atom is 0.141 e. The van der Waals surface area contributed by atoms with E-state index in [2.05, 4.69) is 39.9 Å². The Bertz CT molecular complexity index is 1550. The molecule has 0 saturated carbocycles. The molecule has 4 aromatic rings. The van der Waals surface area contributed by atoms with Crippen LogP contribution in [0.15, 0.2) is 66.0 Å². The molecule has 0 aliphatic carbocycles. The minimum atomic E-state index is -0.460. The number of benzene rings is 2. The SMILES string of the molecule is CC(=N)c1c(-c2ccc(Oc3cc(F)cc(OCc4cnc(C)nc4)c3)cc2)cn(CC2CCCN2)c1N=CC(C)C. The topological polar surface area (TPSA) is 97.4 Å². The Hall–Kier alpha value is -4.37. The zero-order valence-electron chi connectivity index (χ0n) is 24.5. The summed E-state index contributed by atoms with van der Waals surface area (Å²) in [5, 5.41) is 12.2. The lowest BCUT2D eigenvalue weighted by atomic mass is 10.0. The van der Waals surface area contributed by atoms with Gasteiger partial charge in [-0.2, -0.15) is 0 Å². The third kappa shape index (κ3) is 7.28. The van der Waals surface area contributed by atoms with Crippen LogP contribution in [0.3, 0.4) is 0 Å². The molecule has 0 bridgehead atoms. The molecule has 8 nitrogen and oxygen atoms in total. The standard InChI is InChI=1S/C33H37FN6O2/c1-21(2)15-39-33-32(22(3)35)31(19-40(33)18-27-6-5-11-36-27)25-7-9-28(10-8-25)42-30-13-26(34)12-29(14-30)41-20-24-16-37-23(4)38-17-24/h7-10,12-17,19,21,27,35-36H,5-6,11,18,20H2,1-4H3. The van der Waals surface area contributed by atoms with Gasteiger partial charge in [0.1, 0.15) is 41.3 Å². The van der Waals surface area contributed by atoms with E-state index in [1.165, 1.54) is 18.6 Å². The third-order valence-corrected chi connectivity index (χ3v) is 6.99. The highest BCUT2D eigenvalue weighted by atomic mass is 19.1. The fourth-order valence-electron chi connectivity index (χ4n) is 4.96. The molecule has 1 unspecified atom stereocenters. The number of nitrogens with zero attached hydrogens (tertiary/aromatic N) is 4. The van der Waals surface area contributed by atoms with Crippen molar-refractivity contribution in [1.29, 1.82) is 5.41 Å². The van der Waals surface area contributed by atoms with Crippen LogP contribution in [0.1, 0.15) is 50.6 Å². The fraction of sp³-hybridized carbons (Fsp3) is 0.333. The van der Waals surface area contributed by atoms with Crippen LogP contribution in [0.2, 0.25) is 0 Å². The summed E-state index contributed by atoms with van der Waals surface area (Å²) in [7, 11) is 0. The fourth-order valence-corrected chi connectivity index (χ4v) is 4.96. The van der Waals surface area contributed by atoms with E-state index in [1.807, 2.05) is 37.4 Å². The summed E-state index contributed by atoms with van der Waals surface area (Å²) in [5.74, 6) is 2.55. The molecule has 2 N–H and O–H groups in total. The quantitative estimate of drug-likeness (QED) is 0.186. The van der Waals surface area contributed by atoms with Gasteiger partial charge in [-0.15, -0.1) is 0 Å². The molecule has 2 aromatic heterocycles. The van der Waals surface area contributed by atoms with Crippen molar-refractivity contribution < 1.29 is 13.9 Å². The van der Waals surface area contributed by atoms with Gasteiger partial charge in [0.2, 0.25) is 0 Å². The highest BCUT2D eigenvalue weighted by Crippen LogP contribution is 2.36. The Balaban J connectivity index is 1.37. The van der Waals surface area contributed by atoms with Crippen LogP contribution < -0.4 is 14.8 Å². The number of hydrogen-bond donors (Lipinski definition) is 2. The van der Waals surface area contributed by atoms with E-state index in [-0.39, 0.29) is 6.61 Å². The van der Waals surface area contributed by atoms with E-state index in [4.69, 9.17) is 19.9 Å². The van der Waals surface area contributed by atoms with Gasteiger partial charge in [0.05, 0.1) is 0 Å². The van der Waals surface area contributed by atoms with Crippen molar-refractivity contribution in [3.63, 3.8) is 0 Å². The second-order valence-corrected chi connectivity index (χ2v) is 11.0. The maximum absolute atomic E-state index is 14.4. The average Bonchev–Trinajstić information content (AvgIpc) is 3.60. The van der Waals surface area contributed by atoms with Crippen LogP contribution in [-0.2, 0) is 13.2 Å². The maximum atomic E-state index is 14.4. The Morgan fingerprint density at radius 2 is 1.88 bits per heavy atom. The largest absolute Gasteiger partial charge is 0.489 e. The van der Waals surface area contributed by atoms with Crippen molar-refractivity contribution in [2.45, 2.75) is 59.7 Å². The van der Waals surface area contributed by atoms with Crippen LogP contribution in [0.5, 0.6) is 17.2 Å². The Labute approximate surface area is 246 Å². The number of ether oxygens (including phenoxy) is 2. The number of aryl methyl sites for hydroxylation is 1. The first-order chi connectivity index (χ1) is 20.2. The summed E-state index contributed by atoms with van der Waals surface area (Å²) < 4.78 is 28.3. The Kier molecular flexibility index (Phi) is 9.07. The van der Waals surface area contributed by atoms with Crippen molar-refractivity contribution >= 4 is 17.7 Å². The van der Waals surface area contributed by atoms with Gasteiger partial charge in [-0.1, -0.05) is 26.0 Å².